The average molecular weight is 1010 g/mol. The van der Waals surface area contributed by atoms with Crippen LogP contribution in [-0.2, 0) is 18.4 Å². The van der Waals surface area contributed by atoms with Crippen LogP contribution in [0.25, 0.3) is 0 Å². The first-order valence-electron chi connectivity index (χ1n) is 27.6. The predicted octanol–water partition coefficient (Wildman–Crippen LogP) is 15.7. The van der Waals surface area contributed by atoms with E-state index in [0.29, 0.717) is 30.3 Å². The zero-order chi connectivity index (χ0) is 52.2. The number of hydrogen-bond acceptors (Lipinski definition) is 6. The van der Waals surface area contributed by atoms with Crippen LogP contribution in [0.2, 0.25) is 0 Å². The van der Waals surface area contributed by atoms with Crippen LogP contribution in [0.4, 0.5) is 0 Å². The smallest absolute Gasteiger partial charge is 0.390 e. The zero-order valence-electron chi connectivity index (χ0n) is 45.5. The minimum Gasteiger partial charge on any atom is -0.390 e. The molecule has 0 aliphatic heterocycles. The van der Waals surface area contributed by atoms with E-state index in [4.69, 9.17) is 9.05 Å². The number of unbranched alkanes of at least 4 members (excludes halogenated alkanes) is 12. The van der Waals surface area contributed by atoms with Gasteiger partial charge in [0.05, 0.1) is 39.9 Å². The Labute approximate surface area is 435 Å². The van der Waals surface area contributed by atoms with Crippen molar-refractivity contribution in [1.29, 1.82) is 0 Å². The van der Waals surface area contributed by atoms with Gasteiger partial charge in [0.2, 0.25) is 5.91 Å². The molecule has 404 valence electrons. The first kappa shape index (κ1) is 67.6. The van der Waals surface area contributed by atoms with E-state index >= 15 is 0 Å². The van der Waals surface area contributed by atoms with Crippen LogP contribution < -0.4 is 5.32 Å². The number of phosphoric ester groups is 1. The molecule has 0 bridgehead atoms. The second-order valence-electron chi connectivity index (χ2n) is 19.3. The number of nitrogens with zero attached hydrogens (tertiary/aromatic N) is 1. The molecule has 9 nitrogen and oxygen atoms in total. The summed E-state index contributed by atoms with van der Waals surface area (Å²) in [6.45, 7) is 4.39. The number of allylic oxidation sites excluding steroid dienone is 22. The third-order valence-corrected chi connectivity index (χ3v) is 12.4. The molecule has 4 N–H and O–H groups in total. The SMILES string of the molecule is CC/C=C\C/C=C\C/C=C\C/C=C\C/C=C\C/C=C\C/C=C\C/C=C\C/C=C\CCCCCCCCCC(=O)NC(COP(=O)(O)OCC[N+](C)(C)C)C(O)C(O)CCC/C=C/CC/C=C/CCCCC. The van der Waals surface area contributed by atoms with E-state index in [2.05, 4.69) is 153 Å². The van der Waals surface area contributed by atoms with Gasteiger partial charge in [-0.1, -0.05) is 192 Å². The molecule has 0 fully saturated rings. The van der Waals surface area contributed by atoms with Crippen LogP contribution in [0.15, 0.2) is 134 Å². The minimum absolute atomic E-state index is 0.00387. The van der Waals surface area contributed by atoms with Crippen molar-refractivity contribution in [3.63, 3.8) is 0 Å². The molecule has 10 heteroatoms. The average Bonchev–Trinajstić information content (AvgIpc) is 3.33. The maximum absolute atomic E-state index is 13.0. The van der Waals surface area contributed by atoms with E-state index in [0.717, 1.165) is 109 Å². The molecule has 0 radical (unpaired) electrons. The summed E-state index contributed by atoms with van der Waals surface area (Å²) in [7, 11) is 1.38. The molecule has 4 unspecified atom stereocenters. The number of rotatable bonds is 48. The molecule has 0 aliphatic rings. The number of aliphatic hydroxyl groups is 2. The van der Waals surface area contributed by atoms with Gasteiger partial charge in [0.1, 0.15) is 19.3 Å². The number of likely N-dealkylation sites (N-methyl/N-ethyl adjacent to an activating group) is 1. The number of hydrogen-bond donors (Lipinski definition) is 4. The van der Waals surface area contributed by atoms with Crippen molar-refractivity contribution >= 4 is 13.7 Å². The fourth-order valence-electron chi connectivity index (χ4n) is 7.09. The topological polar surface area (TPSA) is 125 Å². The third-order valence-electron chi connectivity index (χ3n) is 11.5. The second-order valence-corrected chi connectivity index (χ2v) is 20.8. The quantitative estimate of drug-likeness (QED) is 0.0207. The summed E-state index contributed by atoms with van der Waals surface area (Å²) >= 11 is 0. The third kappa shape index (κ3) is 51.3. The van der Waals surface area contributed by atoms with Crippen molar-refractivity contribution in [2.75, 3.05) is 40.9 Å². The molecule has 0 aliphatic carbocycles. The summed E-state index contributed by atoms with van der Waals surface area (Å²) in [6.07, 6.45) is 72.5. The lowest BCUT2D eigenvalue weighted by Gasteiger charge is -2.28. The highest BCUT2D eigenvalue weighted by molar-refractivity contribution is 7.47. The minimum atomic E-state index is -4.44. The lowest BCUT2D eigenvalue weighted by atomic mass is 10.0. The van der Waals surface area contributed by atoms with Crippen molar-refractivity contribution < 1.29 is 38.0 Å². The van der Waals surface area contributed by atoms with Crippen LogP contribution in [0.5, 0.6) is 0 Å². The van der Waals surface area contributed by atoms with Gasteiger partial charge < -0.3 is 24.9 Å². The lowest BCUT2D eigenvalue weighted by Crippen LogP contribution is -2.51. The van der Waals surface area contributed by atoms with Gasteiger partial charge in [0, 0.05) is 6.42 Å². The number of amides is 1. The maximum atomic E-state index is 13.0. The Morgan fingerprint density at radius 1 is 0.507 bits per heavy atom. The van der Waals surface area contributed by atoms with Crippen LogP contribution >= 0.6 is 7.82 Å². The van der Waals surface area contributed by atoms with Gasteiger partial charge in [0.25, 0.3) is 0 Å². The molecular weight excluding hydrogens is 904 g/mol. The molecule has 71 heavy (non-hydrogen) atoms. The second kappa shape index (κ2) is 50.1. The highest BCUT2D eigenvalue weighted by atomic mass is 31.2. The maximum Gasteiger partial charge on any atom is 0.472 e. The molecule has 4 atom stereocenters. The van der Waals surface area contributed by atoms with Crippen molar-refractivity contribution in [3.05, 3.63) is 134 Å². The van der Waals surface area contributed by atoms with E-state index in [9.17, 15) is 24.5 Å². The summed E-state index contributed by atoms with van der Waals surface area (Å²) in [6, 6.07) is -1.07. The Morgan fingerprint density at radius 2 is 0.887 bits per heavy atom. The van der Waals surface area contributed by atoms with Gasteiger partial charge in [-0.3, -0.25) is 13.8 Å². The number of carbonyl (C=O) groups is 1. The molecule has 0 aromatic carbocycles. The number of quaternary nitrogens is 1. The summed E-state index contributed by atoms with van der Waals surface area (Å²) in [5.41, 5.74) is 0. The predicted molar refractivity (Wildman–Crippen MR) is 305 cm³/mol. The first-order valence-corrected chi connectivity index (χ1v) is 29.1. The zero-order valence-corrected chi connectivity index (χ0v) is 46.4. The van der Waals surface area contributed by atoms with Crippen molar-refractivity contribution in [2.45, 2.75) is 205 Å². The number of phosphoric acid groups is 1. The summed E-state index contributed by atoms with van der Waals surface area (Å²) in [5.74, 6) is -0.291. The first-order chi connectivity index (χ1) is 34.4. The largest absolute Gasteiger partial charge is 0.472 e. The summed E-state index contributed by atoms with van der Waals surface area (Å²) in [5, 5.41) is 24.7. The highest BCUT2D eigenvalue weighted by Crippen LogP contribution is 2.43. The van der Waals surface area contributed by atoms with Crippen molar-refractivity contribution in [3.8, 4) is 0 Å². The molecular formula is C61H104N2O7P+. The molecule has 0 rings (SSSR count). The highest BCUT2D eigenvalue weighted by Gasteiger charge is 2.31. The van der Waals surface area contributed by atoms with E-state index < -0.39 is 32.7 Å². The molecule has 0 aromatic rings. The van der Waals surface area contributed by atoms with Crippen molar-refractivity contribution in [1.82, 2.24) is 5.32 Å². The normalized spacial score (nSPS) is 15.4. The molecule has 0 aromatic heterocycles. The van der Waals surface area contributed by atoms with Crippen LogP contribution in [-0.4, -0.2) is 84.6 Å². The Balaban J connectivity index is 4.29. The number of nitrogens with one attached hydrogen (secondary N) is 1. The van der Waals surface area contributed by atoms with E-state index in [1.54, 1.807) is 0 Å². The standard InChI is InChI=1S/C61H103N2O7P/c1-6-8-10-12-14-16-18-20-21-22-23-24-25-26-27-28-29-30-31-32-33-34-35-36-37-38-39-40-41-42-44-46-48-50-52-54-60(65)62-58(57-70-71(67,68)69-56-55-63(3,4)5)61(66)59(64)53-51-49-47-45-43-19-17-15-13-11-9-7-2/h8,10,14-17,20-21,23-24,26-27,29-30,32-33,35-36,38-39,45,47,58-59,61,64,66H,6-7,9,11-13,18-19,22,25,28,31,34,37,40-44,46,48-57H2,1-5H3,(H-,62,65,67,68)/p+1/b10-8-,16-14-,17-15+,21-20-,24-23-,27-26-,30-29-,33-32-,36-35-,39-38-,47-45+. The van der Waals surface area contributed by atoms with Gasteiger partial charge in [-0.15, -0.1) is 0 Å². The van der Waals surface area contributed by atoms with Gasteiger partial charge in [-0.2, -0.15) is 0 Å². The Morgan fingerprint density at radius 3 is 1.34 bits per heavy atom. The summed E-state index contributed by atoms with van der Waals surface area (Å²) in [4.78, 5) is 23.3. The van der Waals surface area contributed by atoms with Crippen LogP contribution in [0, 0.1) is 0 Å². The molecule has 1 amide bonds. The van der Waals surface area contributed by atoms with Crippen LogP contribution in [0.3, 0.4) is 0 Å². The molecule has 0 saturated heterocycles. The molecule has 0 heterocycles. The van der Waals surface area contributed by atoms with Crippen molar-refractivity contribution in [2.24, 2.45) is 0 Å². The Hall–Kier alpha value is -3.40. The Bertz CT molecular complexity index is 1630. The number of carbonyl (C=O) groups excluding carboxylic acids is 1. The summed E-state index contributed by atoms with van der Waals surface area (Å²) < 4.78 is 23.5. The lowest BCUT2D eigenvalue weighted by molar-refractivity contribution is -0.870. The fraction of sp³-hybridized carbons (Fsp3) is 0.623. The molecule has 0 spiro atoms. The van der Waals surface area contributed by atoms with Crippen LogP contribution in [0.1, 0.15) is 187 Å². The number of aliphatic hydroxyl groups excluding tert-OH is 2. The van der Waals surface area contributed by atoms with E-state index in [1.807, 2.05) is 21.1 Å². The van der Waals surface area contributed by atoms with Gasteiger partial charge in [-0.25, -0.2) is 4.57 Å². The Kier molecular flexibility index (Phi) is 47.7. The molecule has 0 saturated carbocycles. The van der Waals surface area contributed by atoms with Gasteiger partial charge >= 0.3 is 7.82 Å². The van der Waals surface area contributed by atoms with E-state index in [1.165, 1.54) is 38.5 Å². The van der Waals surface area contributed by atoms with E-state index in [-0.39, 0.29) is 18.9 Å². The fourth-order valence-corrected chi connectivity index (χ4v) is 7.83. The van der Waals surface area contributed by atoms with Gasteiger partial charge in [-0.05, 0) is 122 Å². The van der Waals surface area contributed by atoms with Gasteiger partial charge in [0.15, 0.2) is 0 Å². The monoisotopic (exact) mass is 1010 g/mol.